The molecule has 4 rings (SSSR count). The summed E-state index contributed by atoms with van der Waals surface area (Å²) in [4.78, 5) is 11.0. The van der Waals surface area contributed by atoms with Gasteiger partial charge < -0.3 is 4.74 Å². The van der Waals surface area contributed by atoms with Gasteiger partial charge in [0.1, 0.15) is 6.10 Å². The molecule has 1 saturated carbocycles. The maximum Gasteiger partial charge on any atom is 0.416 e. The van der Waals surface area contributed by atoms with Crippen LogP contribution in [0.25, 0.3) is 11.1 Å². The first kappa shape index (κ1) is 18.1. The Morgan fingerprint density at radius 2 is 1.33 bits per heavy atom. The van der Waals surface area contributed by atoms with Gasteiger partial charge in [0.25, 0.3) is 0 Å². The van der Waals surface area contributed by atoms with Crippen molar-refractivity contribution in [3.05, 3.63) is 59.7 Å². The highest BCUT2D eigenvalue weighted by Crippen LogP contribution is 2.40. The molecule has 0 N–H and O–H groups in total. The van der Waals surface area contributed by atoms with Gasteiger partial charge in [-0.2, -0.15) is 13.2 Å². The Bertz CT molecular complexity index is 793. The van der Waals surface area contributed by atoms with Gasteiger partial charge in [0.05, 0.1) is 12.0 Å². The van der Waals surface area contributed by atoms with Crippen LogP contribution in [-0.4, -0.2) is 12.1 Å². The van der Waals surface area contributed by atoms with Gasteiger partial charge in [-0.1, -0.05) is 36.4 Å². The lowest BCUT2D eigenvalue weighted by Gasteiger charge is -2.37. The van der Waals surface area contributed by atoms with Crippen molar-refractivity contribution in [2.45, 2.75) is 50.3 Å². The fraction of sp³-hybridized carbons (Fsp3) is 0.409. The third-order valence-corrected chi connectivity index (χ3v) is 5.88. The molecule has 1 heterocycles. The Balaban J connectivity index is 1.38. The molecule has 1 aliphatic carbocycles. The van der Waals surface area contributed by atoms with Gasteiger partial charge in [0.15, 0.2) is 0 Å². The van der Waals surface area contributed by atoms with Gasteiger partial charge in [-0.25, -0.2) is 0 Å². The zero-order chi connectivity index (χ0) is 19.0. The molecule has 27 heavy (non-hydrogen) atoms. The average Bonchev–Trinajstić information content (AvgIpc) is 2.65. The van der Waals surface area contributed by atoms with Gasteiger partial charge in [0, 0.05) is 0 Å². The Kier molecular flexibility index (Phi) is 4.70. The van der Waals surface area contributed by atoms with Crippen molar-refractivity contribution < 1.29 is 22.7 Å². The minimum Gasteiger partial charge on any atom is -0.461 e. The molecule has 5 heteroatoms. The van der Waals surface area contributed by atoms with E-state index in [9.17, 15) is 18.0 Å². The van der Waals surface area contributed by atoms with E-state index in [1.165, 1.54) is 17.7 Å². The number of hydrogen-bond acceptors (Lipinski definition) is 2. The van der Waals surface area contributed by atoms with E-state index in [4.69, 9.17) is 4.74 Å². The summed E-state index contributed by atoms with van der Waals surface area (Å²) < 4.78 is 43.2. The molecule has 2 nitrogen and oxygen atoms in total. The van der Waals surface area contributed by atoms with Gasteiger partial charge in [-0.15, -0.1) is 0 Å². The van der Waals surface area contributed by atoms with Crippen LogP contribution in [0.5, 0.6) is 0 Å². The number of rotatable bonds is 3. The van der Waals surface area contributed by atoms with Crippen molar-refractivity contribution in [3.8, 4) is 11.1 Å². The number of benzene rings is 2. The first-order valence-electron chi connectivity index (χ1n) is 9.37. The van der Waals surface area contributed by atoms with Crippen molar-refractivity contribution in [1.82, 2.24) is 0 Å². The van der Waals surface area contributed by atoms with E-state index in [1.807, 2.05) is 12.1 Å². The minimum absolute atomic E-state index is 0.0824. The molecule has 2 aromatic carbocycles. The number of cyclic esters (lactones) is 1. The summed E-state index contributed by atoms with van der Waals surface area (Å²) in [6.07, 6.45) is 0.694. The highest BCUT2D eigenvalue weighted by atomic mass is 19.4. The van der Waals surface area contributed by atoms with Crippen molar-refractivity contribution in [2.24, 2.45) is 5.92 Å². The number of esters is 1. The number of hydrogen-bond donors (Lipinski definition) is 0. The molecule has 2 aromatic rings. The molecule has 1 aliphatic heterocycles. The number of halogens is 3. The van der Waals surface area contributed by atoms with Crippen LogP contribution < -0.4 is 0 Å². The highest BCUT2D eigenvalue weighted by molar-refractivity contribution is 5.75. The molecule has 0 aromatic heterocycles. The molecule has 2 aliphatic rings. The van der Waals surface area contributed by atoms with Crippen molar-refractivity contribution in [2.75, 3.05) is 0 Å². The Hall–Kier alpha value is -2.30. The molecule has 1 saturated heterocycles. The van der Waals surface area contributed by atoms with Gasteiger partial charge in [0.2, 0.25) is 0 Å². The third-order valence-electron chi connectivity index (χ3n) is 5.88. The fourth-order valence-electron chi connectivity index (χ4n) is 4.21. The van der Waals surface area contributed by atoms with E-state index in [2.05, 4.69) is 12.1 Å². The van der Waals surface area contributed by atoms with Gasteiger partial charge in [-0.3, -0.25) is 4.79 Å². The second-order valence-electron chi connectivity index (χ2n) is 7.54. The van der Waals surface area contributed by atoms with E-state index >= 15 is 0 Å². The predicted octanol–water partition coefficient (Wildman–Crippen LogP) is 5.96. The highest BCUT2D eigenvalue weighted by Gasteiger charge is 2.37. The lowest BCUT2D eigenvalue weighted by atomic mass is 9.75. The van der Waals surface area contributed by atoms with Crippen LogP contribution in [0.1, 0.15) is 49.1 Å². The summed E-state index contributed by atoms with van der Waals surface area (Å²) in [5.41, 5.74) is 2.35. The van der Waals surface area contributed by atoms with Crippen LogP contribution >= 0.6 is 0 Å². The summed E-state index contributed by atoms with van der Waals surface area (Å²) in [6.45, 7) is 0. The van der Waals surface area contributed by atoms with E-state index < -0.39 is 11.7 Å². The standard InChI is InChI=1S/C22H21F3O2/c23-22(24,25)19-11-9-17(10-12-19)15-3-1-14(2-4-15)16-5-7-18(8-6-16)20-13-21(26)27-20/h1-4,9-12,16,18,20H,5-8,13H2. The molecule has 0 bridgehead atoms. The number of ether oxygens (including phenoxy) is 1. The lowest BCUT2D eigenvalue weighted by molar-refractivity contribution is -0.176. The summed E-state index contributed by atoms with van der Waals surface area (Å²) >= 11 is 0. The SMILES string of the molecule is O=C1CC(C2CCC(c3ccc(-c4ccc(C(F)(F)F)cc4)cc3)CC2)O1. The monoisotopic (exact) mass is 374 g/mol. The summed E-state index contributed by atoms with van der Waals surface area (Å²) in [5.74, 6) is 0.907. The Morgan fingerprint density at radius 1 is 0.815 bits per heavy atom. The van der Waals surface area contributed by atoms with Crippen LogP contribution in [0, 0.1) is 5.92 Å². The molecule has 2 fully saturated rings. The topological polar surface area (TPSA) is 26.3 Å². The molecular formula is C22H21F3O2. The maximum absolute atomic E-state index is 12.7. The van der Waals surface area contributed by atoms with E-state index in [1.54, 1.807) is 0 Å². The molecule has 0 spiro atoms. The number of alkyl halides is 3. The van der Waals surface area contributed by atoms with Crippen molar-refractivity contribution >= 4 is 5.97 Å². The lowest BCUT2D eigenvalue weighted by Crippen LogP contribution is -2.40. The normalized spacial score (nSPS) is 25.6. The zero-order valence-electron chi connectivity index (χ0n) is 14.8. The molecule has 1 atom stereocenters. The maximum atomic E-state index is 12.7. The van der Waals surface area contributed by atoms with Crippen LogP contribution in [0.15, 0.2) is 48.5 Å². The summed E-state index contributed by atoms with van der Waals surface area (Å²) in [7, 11) is 0. The van der Waals surface area contributed by atoms with Gasteiger partial charge in [-0.05, 0) is 66.3 Å². The fourth-order valence-corrected chi connectivity index (χ4v) is 4.21. The molecular weight excluding hydrogens is 353 g/mol. The molecule has 0 radical (unpaired) electrons. The van der Waals surface area contributed by atoms with Crippen LogP contribution in [-0.2, 0) is 15.7 Å². The van der Waals surface area contributed by atoms with E-state index in [-0.39, 0.29) is 12.1 Å². The Morgan fingerprint density at radius 3 is 1.81 bits per heavy atom. The third kappa shape index (κ3) is 3.87. The van der Waals surface area contributed by atoms with Crippen molar-refractivity contribution in [1.29, 1.82) is 0 Å². The van der Waals surface area contributed by atoms with Crippen LogP contribution in [0.3, 0.4) is 0 Å². The zero-order valence-corrected chi connectivity index (χ0v) is 14.8. The second kappa shape index (κ2) is 7.02. The smallest absolute Gasteiger partial charge is 0.416 e. The summed E-state index contributed by atoms with van der Waals surface area (Å²) in [6, 6.07) is 13.4. The number of carbonyl (C=O) groups excluding carboxylic acids is 1. The van der Waals surface area contributed by atoms with E-state index in [0.717, 1.165) is 48.9 Å². The molecule has 142 valence electrons. The van der Waals surface area contributed by atoms with Crippen LogP contribution in [0.2, 0.25) is 0 Å². The van der Waals surface area contributed by atoms with Crippen molar-refractivity contribution in [3.63, 3.8) is 0 Å². The van der Waals surface area contributed by atoms with Crippen LogP contribution in [0.4, 0.5) is 13.2 Å². The summed E-state index contributed by atoms with van der Waals surface area (Å²) in [5, 5.41) is 0. The first-order valence-corrected chi connectivity index (χ1v) is 9.37. The second-order valence-corrected chi connectivity index (χ2v) is 7.54. The largest absolute Gasteiger partial charge is 0.461 e. The predicted molar refractivity (Wildman–Crippen MR) is 96.1 cm³/mol. The number of carbonyl (C=O) groups is 1. The average molecular weight is 374 g/mol. The van der Waals surface area contributed by atoms with Gasteiger partial charge >= 0.3 is 12.1 Å². The molecule has 1 unspecified atom stereocenters. The molecule has 0 amide bonds. The van der Waals surface area contributed by atoms with E-state index in [0.29, 0.717) is 18.3 Å². The first-order chi connectivity index (χ1) is 12.9. The Labute approximate surface area is 156 Å². The quantitative estimate of drug-likeness (QED) is 0.620. The minimum atomic E-state index is -4.31.